The predicted octanol–water partition coefficient (Wildman–Crippen LogP) is 2.39. The molecule has 0 bridgehead atoms. The first kappa shape index (κ1) is 15.6. The molecule has 8 heteroatoms. The molecule has 0 unspecified atom stereocenters. The summed E-state index contributed by atoms with van der Waals surface area (Å²) in [5.41, 5.74) is 8.18. The van der Waals surface area contributed by atoms with Crippen molar-refractivity contribution in [1.82, 2.24) is 24.8 Å². The minimum atomic E-state index is 0.285. The van der Waals surface area contributed by atoms with E-state index in [9.17, 15) is 0 Å². The highest BCUT2D eigenvalue weighted by Gasteiger charge is 2.23. The molecule has 4 N–H and O–H groups in total. The van der Waals surface area contributed by atoms with Crippen molar-refractivity contribution in [1.29, 1.82) is 0 Å². The number of anilines is 3. The van der Waals surface area contributed by atoms with Crippen molar-refractivity contribution in [2.45, 2.75) is 44.1 Å². The van der Waals surface area contributed by atoms with Gasteiger partial charge in [-0.05, 0) is 37.8 Å². The van der Waals surface area contributed by atoms with E-state index in [4.69, 9.17) is 10.7 Å². The molecule has 2 aliphatic rings. The highest BCUT2D eigenvalue weighted by Crippen LogP contribution is 2.36. The number of nitrogens with one attached hydrogen (secondary N) is 2. The van der Waals surface area contributed by atoms with Crippen LogP contribution in [0.3, 0.4) is 0 Å². The molecule has 0 amide bonds. The smallest absolute Gasteiger partial charge is 0.245 e. The van der Waals surface area contributed by atoms with Gasteiger partial charge in [-0.25, -0.2) is 4.52 Å². The summed E-state index contributed by atoms with van der Waals surface area (Å²) in [6.07, 6.45) is 7.70. The van der Waals surface area contributed by atoms with Crippen LogP contribution in [-0.2, 0) is 0 Å². The van der Waals surface area contributed by atoms with Gasteiger partial charge < -0.3 is 16.0 Å². The SMILES string of the molecule is NC1CCN(c2nc(Nc3cc(C4CCC4)[nH]n3)c3cccn3n2)CC1. The van der Waals surface area contributed by atoms with Crippen molar-refractivity contribution in [3.05, 3.63) is 30.1 Å². The molecule has 2 fully saturated rings. The molecule has 3 aromatic heterocycles. The van der Waals surface area contributed by atoms with Gasteiger partial charge in [0.05, 0.1) is 0 Å². The van der Waals surface area contributed by atoms with Crippen molar-refractivity contribution in [2.24, 2.45) is 5.73 Å². The van der Waals surface area contributed by atoms with Crippen molar-refractivity contribution in [2.75, 3.05) is 23.3 Å². The van der Waals surface area contributed by atoms with Crippen LogP contribution in [-0.4, -0.2) is 43.9 Å². The summed E-state index contributed by atoms with van der Waals surface area (Å²) in [6.45, 7) is 1.78. The van der Waals surface area contributed by atoms with Crippen LogP contribution in [0.5, 0.6) is 0 Å². The van der Waals surface area contributed by atoms with Gasteiger partial charge >= 0.3 is 0 Å². The monoisotopic (exact) mass is 352 g/mol. The largest absolute Gasteiger partial charge is 0.339 e. The number of rotatable bonds is 4. The van der Waals surface area contributed by atoms with Gasteiger partial charge in [0.1, 0.15) is 5.52 Å². The Bertz CT molecular complexity index is 901. The fraction of sp³-hybridized carbons (Fsp3) is 0.500. The third-order valence-corrected chi connectivity index (χ3v) is 5.59. The van der Waals surface area contributed by atoms with Crippen molar-refractivity contribution >= 4 is 23.1 Å². The lowest BCUT2D eigenvalue weighted by molar-refractivity contribution is 0.410. The summed E-state index contributed by atoms with van der Waals surface area (Å²) in [4.78, 5) is 7.00. The van der Waals surface area contributed by atoms with Crippen LogP contribution >= 0.6 is 0 Å². The zero-order chi connectivity index (χ0) is 17.5. The Labute approximate surface area is 151 Å². The first-order valence-corrected chi connectivity index (χ1v) is 9.44. The Kier molecular flexibility index (Phi) is 3.77. The summed E-state index contributed by atoms with van der Waals surface area (Å²) in [6, 6.07) is 6.38. The maximum atomic E-state index is 6.03. The number of H-pyrrole nitrogens is 1. The molecule has 1 saturated heterocycles. The third-order valence-electron chi connectivity index (χ3n) is 5.59. The van der Waals surface area contributed by atoms with Gasteiger partial charge in [0.2, 0.25) is 5.95 Å². The van der Waals surface area contributed by atoms with E-state index in [-0.39, 0.29) is 6.04 Å². The van der Waals surface area contributed by atoms with Gasteiger partial charge in [-0.15, -0.1) is 5.10 Å². The van der Waals surface area contributed by atoms with Gasteiger partial charge in [0.15, 0.2) is 11.6 Å². The standard InChI is InChI=1S/C18H24N8/c19-13-6-9-25(10-7-13)18-21-17(15-5-2-8-26(15)24-18)20-16-11-14(22-23-16)12-3-1-4-12/h2,5,8,11-13H,1,3-4,6-7,9-10,19H2,(H2,20,21,22,23,24). The highest BCUT2D eigenvalue weighted by molar-refractivity contribution is 5.73. The van der Waals surface area contributed by atoms with E-state index in [1.165, 1.54) is 25.0 Å². The first-order chi connectivity index (χ1) is 12.8. The third kappa shape index (κ3) is 2.80. The van der Waals surface area contributed by atoms with Gasteiger partial charge in [-0.3, -0.25) is 5.10 Å². The van der Waals surface area contributed by atoms with E-state index < -0.39 is 0 Å². The number of fused-ring (bicyclic) bond motifs is 1. The molecule has 1 aliphatic heterocycles. The number of nitrogens with two attached hydrogens (primary N) is 1. The van der Waals surface area contributed by atoms with Crippen LogP contribution in [0, 0.1) is 0 Å². The Morgan fingerprint density at radius 1 is 1.19 bits per heavy atom. The number of nitrogens with zero attached hydrogens (tertiary/aromatic N) is 5. The van der Waals surface area contributed by atoms with Crippen LogP contribution < -0.4 is 16.0 Å². The molecule has 0 atom stereocenters. The Balaban J connectivity index is 1.44. The minimum absolute atomic E-state index is 0.285. The second kappa shape index (κ2) is 6.28. The zero-order valence-electron chi connectivity index (χ0n) is 14.7. The normalized spacial score (nSPS) is 19.0. The zero-order valence-corrected chi connectivity index (χ0v) is 14.7. The van der Waals surface area contributed by atoms with Crippen LogP contribution in [0.25, 0.3) is 5.52 Å². The molecule has 1 aliphatic carbocycles. The molecule has 26 heavy (non-hydrogen) atoms. The topological polar surface area (TPSA) is 100 Å². The van der Waals surface area contributed by atoms with E-state index in [0.717, 1.165) is 49.0 Å². The predicted molar refractivity (Wildman–Crippen MR) is 101 cm³/mol. The minimum Gasteiger partial charge on any atom is -0.339 e. The van der Waals surface area contributed by atoms with Crippen molar-refractivity contribution in [3.8, 4) is 0 Å². The Morgan fingerprint density at radius 2 is 2.04 bits per heavy atom. The fourth-order valence-corrected chi connectivity index (χ4v) is 3.70. The van der Waals surface area contributed by atoms with Gasteiger partial charge in [-0.2, -0.15) is 10.1 Å². The second-order valence-corrected chi connectivity index (χ2v) is 7.38. The molecule has 136 valence electrons. The summed E-state index contributed by atoms with van der Waals surface area (Å²) in [5, 5.41) is 15.6. The molecule has 4 heterocycles. The molecular weight excluding hydrogens is 328 g/mol. The lowest BCUT2D eigenvalue weighted by atomic mass is 9.83. The lowest BCUT2D eigenvalue weighted by Gasteiger charge is -2.30. The maximum Gasteiger partial charge on any atom is 0.245 e. The number of piperidine rings is 1. The number of aromatic nitrogens is 5. The fourth-order valence-electron chi connectivity index (χ4n) is 3.70. The highest BCUT2D eigenvalue weighted by atomic mass is 15.4. The molecule has 0 radical (unpaired) electrons. The van der Waals surface area contributed by atoms with Crippen LogP contribution in [0.15, 0.2) is 24.4 Å². The average molecular weight is 352 g/mol. The average Bonchev–Trinajstić information content (AvgIpc) is 3.23. The van der Waals surface area contributed by atoms with Crippen molar-refractivity contribution < 1.29 is 0 Å². The summed E-state index contributed by atoms with van der Waals surface area (Å²) >= 11 is 0. The van der Waals surface area contributed by atoms with E-state index in [0.29, 0.717) is 5.92 Å². The molecule has 8 nitrogen and oxygen atoms in total. The van der Waals surface area contributed by atoms with E-state index >= 15 is 0 Å². The quantitative estimate of drug-likeness (QED) is 0.667. The van der Waals surface area contributed by atoms with Gasteiger partial charge in [-0.1, -0.05) is 6.42 Å². The van der Waals surface area contributed by atoms with E-state index in [1.54, 1.807) is 0 Å². The Hall–Kier alpha value is -2.61. The number of aromatic amines is 1. The van der Waals surface area contributed by atoms with Crippen LogP contribution in [0.1, 0.15) is 43.7 Å². The summed E-state index contributed by atoms with van der Waals surface area (Å²) in [7, 11) is 0. The molecule has 0 spiro atoms. The van der Waals surface area contributed by atoms with Crippen molar-refractivity contribution in [3.63, 3.8) is 0 Å². The molecule has 3 aromatic rings. The first-order valence-electron chi connectivity index (χ1n) is 9.44. The van der Waals surface area contributed by atoms with Gasteiger partial charge in [0, 0.05) is 43.0 Å². The molecule has 5 rings (SSSR count). The van der Waals surface area contributed by atoms with E-state index in [1.807, 2.05) is 22.8 Å². The lowest BCUT2D eigenvalue weighted by Crippen LogP contribution is -2.40. The molecule has 0 aromatic carbocycles. The Morgan fingerprint density at radius 3 is 2.81 bits per heavy atom. The maximum absolute atomic E-state index is 6.03. The number of hydrogen-bond acceptors (Lipinski definition) is 6. The second-order valence-electron chi connectivity index (χ2n) is 7.38. The van der Waals surface area contributed by atoms with Crippen LogP contribution in [0.4, 0.5) is 17.6 Å². The number of hydrogen-bond donors (Lipinski definition) is 3. The molecular formula is C18H24N8. The van der Waals surface area contributed by atoms with Gasteiger partial charge in [0.25, 0.3) is 0 Å². The van der Waals surface area contributed by atoms with Crippen LogP contribution in [0.2, 0.25) is 0 Å². The summed E-state index contributed by atoms with van der Waals surface area (Å²) < 4.78 is 1.87. The molecule has 1 saturated carbocycles. The summed E-state index contributed by atoms with van der Waals surface area (Å²) in [5.74, 6) is 2.95. The van der Waals surface area contributed by atoms with E-state index in [2.05, 4.69) is 31.6 Å².